The minimum Gasteiger partial charge on any atom is -0.318 e. The molecule has 1 nitrogen and oxygen atoms in total. The zero-order valence-electron chi connectivity index (χ0n) is 16.2. The van der Waals surface area contributed by atoms with Gasteiger partial charge in [0.2, 0.25) is 0 Å². The first-order valence-electron chi connectivity index (χ1n) is 8.43. The number of hydrogen-bond acceptors (Lipinski definition) is 1. The zero-order chi connectivity index (χ0) is 17.1. The molecule has 0 heterocycles. The topological polar surface area (TPSA) is 12.0 Å². The molecule has 0 aliphatic rings. The molecule has 0 bridgehead atoms. The van der Waals surface area contributed by atoms with E-state index in [1.807, 2.05) is 20.9 Å². The second-order valence-corrected chi connectivity index (χ2v) is 6.79. The molecule has 0 saturated heterocycles. The summed E-state index contributed by atoms with van der Waals surface area (Å²) < 4.78 is 0. The molecule has 0 aliphatic heterocycles. The highest BCUT2D eigenvalue weighted by Gasteiger charge is 2.21. The van der Waals surface area contributed by atoms with Gasteiger partial charge in [-0.15, -0.1) is 0 Å². The highest BCUT2D eigenvalue weighted by atomic mass is 14.8. The summed E-state index contributed by atoms with van der Waals surface area (Å²) in [4.78, 5) is 0. The molecule has 1 N–H and O–H groups in total. The third-order valence-corrected chi connectivity index (χ3v) is 3.33. The van der Waals surface area contributed by atoms with E-state index >= 15 is 0 Å². The van der Waals surface area contributed by atoms with E-state index < -0.39 is 0 Å². The molecule has 0 atom stereocenters. The summed E-state index contributed by atoms with van der Waals surface area (Å²) in [5.74, 6) is 0.756. The molecule has 21 heavy (non-hydrogen) atoms. The first-order valence-corrected chi connectivity index (χ1v) is 8.43. The van der Waals surface area contributed by atoms with Gasteiger partial charge in [0.05, 0.1) is 0 Å². The fourth-order valence-electron chi connectivity index (χ4n) is 2.14. The van der Waals surface area contributed by atoms with Crippen LogP contribution >= 0.6 is 0 Å². The van der Waals surface area contributed by atoms with E-state index in [-0.39, 0.29) is 0 Å². The second-order valence-electron chi connectivity index (χ2n) is 6.79. The van der Waals surface area contributed by atoms with Crippen LogP contribution in [0.2, 0.25) is 0 Å². The first kappa shape index (κ1) is 22.5. The van der Waals surface area contributed by atoms with E-state index in [1.165, 1.54) is 17.5 Å². The van der Waals surface area contributed by atoms with E-state index in [0.717, 1.165) is 5.92 Å². The van der Waals surface area contributed by atoms with Crippen LogP contribution in [0, 0.1) is 12.8 Å². The first-order chi connectivity index (χ1) is 9.69. The van der Waals surface area contributed by atoms with Crippen LogP contribution in [0.15, 0.2) is 24.3 Å². The molecular weight excluding hydrogens is 254 g/mol. The van der Waals surface area contributed by atoms with Gasteiger partial charge in [-0.2, -0.15) is 0 Å². The lowest BCUT2D eigenvalue weighted by Crippen LogP contribution is -2.19. The van der Waals surface area contributed by atoms with Crippen molar-refractivity contribution in [2.45, 2.75) is 80.2 Å². The van der Waals surface area contributed by atoms with Crippen molar-refractivity contribution in [3.8, 4) is 0 Å². The smallest absolute Gasteiger partial charge is 0.000733 e. The molecule has 1 rings (SSSR count). The lowest BCUT2D eigenvalue weighted by Gasteiger charge is -2.27. The van der Waals surface area contributed by atoms with Gasteiger partial charge in [0.15, 0.2) is 0 Å². The summed E-state index contributed by atoms with van der Waals surface area (Å²) in [5.41, 5.74) is 3.10. The standard InChI is InChI=1S/C14H22.C4H11N.C2H6/c1-11(2)10-14(4,5)13-8-6-12(3)7-9-13;1-4(2)5-3;1-2/h6-9,11H,10H2,1-5H3;4-5H,1-3H3;1-2H3. The van der Waals surface area contributed by atoms with Crippen LogP contribution in [-0.4, -0.2) is 13.1 Å². The average molecular weight is 294 g/mol. The Labute approximate surface area is 134 Å². The molecule has 1 heteroatoms. The van der Waals surface area contributed by atoms with Crippen LogP contribution in [-0.2, 0) is 5.41 Å². The predicted octanol–water partition coefficient (Wildman–Crippen LogP) is 5.96. The minimum absolute atomic E-state index is 0.307. The summed E-state index contributed by atoms with van der Waals surface area (Å²) in [6, 6.07) is 9.57. The van der Waals surface area contributed by atoms with E-state index in [9.17, 15) is 0 Å². The molecule has 0 aliphatic carbocycles. The highest BCUT2D eigenvalue weighted by molar-refractivity contribution is 5.27. The van der Waals surface area contributed by atoms with Crippen LogP contribution < -0.4 is 5.32 Å². The number of nitrogens with one attached hydrogen (secondary N) is 1. The summed E-state index contributed by atoms with van der Waals surface area (Å²) in [6.45, 7) is 19.6. The fourth-order valence-corrected chi connectivity index (χ4v) is 2.14. The Balaban J connectivity index is 0. The van der Waals surface area contributed by atoms with E-state index in [0.29, 0.717) is 11.5 Å². The van der Waals surface area contributed by atoms with Gasteiger partial charge in [-0.3, -0.25) is 0 Å². The molecule has 0 radical (unpaired) electrons. The van der Waals surface area contributed by atoms with Gasteiger partial charge in [0.25, 0.3) is 0 Å². The number of aryl methyl sites for hydroxylation is 1. The third kappa shape index (κ3) is 11.5. The summed E-state index contributed by atoms with van der Waals surface area (Å²) in [7, 11) is 1.95. The Morgan fingerprint density at radius 1 is 0.952 bits per heavy atom. The summed E-state index contributed by atoms with van der Waals surface area (Å²) in [6.07, 6.45) is 1.25. The highest BCUT2D eigenvalue weighted by Crippen LogP contribution is 2.30. The van der Waals surface area contributed by atoms with Crippen LogP contribution in [0.25, 0.3) is 0 Å². The minimum atomic E-state index is 0.307. The monoisotopic (exact) mass is 293 g/mol. The zero-order valence-corrected chi connectivity index (χ0v) is 16.2. The van der Waals surface area contributed by atoms with Crippen molar-refractivity contribution >= 4 is 0 Å². The maximum absolute atomic E-state index is 3.03. The molecule has 1 aromatic rings. The number of hydrogen-bond donors (Lipinski definition) is 1. The second kappa shape index (κ2) is 11.8. The molecule has 0 aromatic heterocycles. The quantitative estimate of drug-likeness (QED) is 0.722. The van der Waals surface area contributed by atoms with E-state index in [4.69, 9.17) is 0 Å². The predicted molar refractivity (Wildman–Crippen MR) is 99.2 cm³/mol. The molecule has 0 fully saturated rings. The maximum atomic E-state index is 3.03. The normalized spacial score (nSPS) is 10.7. The number of benzene rings is 1. The Bertz CT molecular complexity index is 333. The molecule has 1 aromatic carbocycles. The maximum Gasteiger partial charge on any atom is 0.000733 e. The van der Waals surface area contributed by atoms with E-state index in [2.05, 4.69) is 78.0 Å². The third-order valence-electron chi connectivity index (χ3n) is 3.33. The van der Waals surface area contributed by atoms with Gasteiger partial charge < -0.3 is 5.32 Å². The Hall–Kier alpha value is -0.820. The molecule has 0 unspecified atom stereocenters. The lowest BCUT2D eigenvalue weighted by atomic mass is 9.78. The van der Waals surface area contributed by atoms with Crippen molar-refractivity contribution in [3.63, 3.8) is 0 Å². The fraction of sp³-hybridized carbons (Fsp3) is 0.700. The molecule has 0 amide bonds. The van der Waals surface area contributed by atoms with E-state index in [1.54, 1.807) is 0 Å². The van der Waals surface area contributed by atoms with Crippen LogP contribution in [0.3, 0.4) is 0 Å². The summed E-state index contributed by atoms with van der Waals surface area (Å²) in [5, 5.41) is 3.03. The molecule has 124 valence electrons. The van der Waals surface area contributed by atoms with Gasteiger partial charge >= 0.3 is 0 Å². The van der Waals surface area contributed by atoms with Gasteiger partial charge in [0, 0.05) is 6.04 Å². The average Bonchev–Trinajstić information content (AvgIpc) is 2.40. The van der Waals surface area contributed by atoms with Crippen molar-refractivity contribution in [3.05, 3.63) is 35.4 Å². The van der Waals surface area contributed by atoms with Crippen LogP contribution in [0.4, 0.5) is 0 Å². The van der Waals surface area contributed by atoms with Crippen LogP contribution in [0.5, 0.6) is 0 Å². The van der Waals surface area contributed by atoms with Gasteiger partial charge in [-0.05, 0) is 37.3 Å². The van der Waals surface area contributed by atoms with Gasteiger partial charge in [0.1, 0.15) is 0 Å². The SMILES string of the molecule is CC.CNC(C)C.Cc1ccc(C(C)(C)CC(C)C)cc1. The molecule has 0 spiro atoms. The number of rotatable bonds is 4. The van der Waals surface area contributed by atoms with Gasteiger partial charge in [-0.1, -0.05) is 85.2 Å². The Morgan fingerprint density at radius 3 is 1.62 bits per heavy atom. The van der Waals surface area contributed by atoms with Crippen molar-refractivity contribution in [2.24, 2.45) is 5.92 Å². The largest absolute Gasteiger partial charge is 0.318 e. The Morgan fingerprint density at radius 2 is 1.33 bits per heavy atom. The molecular formula is C20H39N. The van der Waals surface area contributed by atoms with Crippen molar-refractivity contribution in [1.82, 2.24) is 5.32 Å². The Kier molecular flexibility index (Phi) is 12.6. The van der Waals surface area contributed by atoms with Crippen molar-refractivity contribution in [1.29, 1.82) is 0 Å². The molecule has 0 saturated carbocycles. The van der Waals surface area contributed by atoms with Crippen LogP contribution in [0.1, 0.15) is 72.9 Å². The van der Waals surface area contributed by atoms with Gasteiger partial charge in [-0.25, -0.2) is 0 Å². The van der Waals surface area contributed by atoms with Crippen molar-refractivity contribution in [2.75, 3.05) is 7.05 Å². The lowest BCUT2D eigenvalue weighted by molar-refractivity contribution is 0.399. The summed E-state index contributed by atoms with van der Waals surface area (Å²) >= 11 is 0. The van der Waals surface area contributed by atoms with Crippen molar-refractivity contribution < 1.29 is 0 Å².